The molecular formula is C64H75Cl2F6N7O4S2. The Hall–Kier alpha value is -6.56. The van der Waals surface area contributed by atoms with Gasteiger partial charge in [0, 0.05) is 4.90 Å². The van der Waals surface area contributed by atoms with Crippen LogP contribution in [0.1, 0.15) is 126 Å². The number of ether oxygens (including phenoxy) is 1. The minimum Gasteiger partial charge on any atom is -0.453 e. The van der Waals surface area contributed by atoms with Crippen LogP contribution in [0.25, 0.3) is 16.7 Å². The number of thioether (sulfide) groups is 1. The fraction of sp³-hybridized carbons (Fsp3) is 0.375. The van der Waals surface area contributed by atoms with Crippen molar-refractivity contribution in [3.8, 4) is 11.8 Å². The number of aliphatic hydroxyl groups is 1. The Kier molecular flexibility index (Phi) is 26.5. The number of aliphatic hydroxyl groups excluding tert-OH is 1. The van der Waals surface area contributed by atoms with Crippen LogP contribution in [0.2, 0.25) is 10.0 Å². The van der Waals surface area contributed by atoms with E-state index in [0.29, 0.717) is 22.8 Å². The van der Waals surface area contributed by atoms with Gasteiger partial charge in [0.25, 0.3) is 0 Å². The van der Waals surface area contributed by atoms with E-state index < -0.39 is 66.3 Å². The van der Waals surface area contributed by atoms with Crippen molar-refractivity contribution in [2.45, 2.75) is 142 Å². The summed E-state index contributed by atoms with van der Waals surface area (Å²) < 4.78 is 92.9. The molecule has 2 aromatic carbocycles. The van der Waals surface area contributed by atoms with Gasteiger partial charge < -0.3 is 20.6 Å². The summed E-state index contributed by atoms with van der Waals surface area (Å²) in [5.74, 6) is 0.586. The molecule has 2 aliphatic rings. The number of nitrogens with two attached hydrogens (primary N) is 1. The van der Waals surface area contributed by atoms with E-state index in [2.05, 4.69) is 186 Å². The number of allylic oxidation sites excluding steroid dienone is 21. The molecule has 2 atom stereocenters. The second-order valence-corrected chi connectivity index (χ2v) is 25.2. The molecule has 0 saturated heterocycles. The first-order valence-electron chi connectivity index (χ1n) is 27.2. The largest absolute Gasteiger partial charge is 0.476 e. The van der Waals surface area contributed by atoms with Crippen LogP contribution >= 0.6 is 35.0 Å². The molecule has 0 spiro atoms. The monoisotopic (exact) mass is 1250 g/mol. The number of carbonyl (C=O) groups is 1. The van der Waals surface area contributed by atoms with Gasteiger partial charge in [0.2, 0.25) is 5.95 Å². The predicted molar refractivity (Wildman–Crippen MR) is 336 cm³/mol. The van der Waals surface area contributed by atoms with Crippen molar-refractivity contribution in [3.05, 3.63) is 181 Å². The number of anilines is 2. The van der Waals surface area contributed by atoms with E-state index in [0.717, 1.165) is 36.0 Å². The molecule has 1 unspecified atom stereocenters. The molecule has 458 valence electrons. The number of H-pyrrole nitrogens is 1. The molecular weight excluding hydrogens is 1180 g/mol. The van der Waals surface area contributed by atoms with E-state index in [1.807, 2.05) is 18.2 Å². The molecule has 2 heterocycles. The summed E-state index contributed by atoms with van der Waals surface area (Å²) in [6, 6.07) is 8.20. The van der Waals surface area contributed by atoms with Crippen LogP contribution < -0.4 is 11.1 Å². The van der Waals surface area contributed by atoms with Crippen molar-refractivity contribution in [2.75, 3.05) is 23.9 Å². The number of nitriles is 1. The van der Waals surface area contributed by atoms with Gasteiger partial charge in [-0.3, -0.25) is 5.32 Å². The van der Waals surface area contributed by atoms with Gasteiger partial charge in [0.05, 0.1) is 39.9 Å². The Morgan fingerprint density at radius 1 is 0.894 bits per heavy atom. The third kappa shape index (κ3) is 21.4. The van der Waals surface area contributed by atoms with Crippen LogP contribution in [0.15, 0.2) is 170 Å². The highest BCUT2D eigenvalue weighted by Crippen LogP contribution is 2.43. The minimum atomic E-state index is -5.25. The zero-order valence-electron chi connectivity index (χ0n) is 49.9. The van der Waals surface area contributed by atoms with E-state index in [9.17, 15) is 40.5 Å². The third-order valence-electron chi connectivity index (χ3n) is 13.6. The zero-order valence-corrected chi connectivity index (χ0v) is 53.0. The summed E-state index contributed by atoms with van der Waals surface area (Å²) in [5, 5.41) is 23.7. The molecule has 0 bridgehead atoms. The van der Waals surface area contributed by atoms with Crippen LogP contribution in [0.3, 0.4) is 0 Å². The van der Waals surface area contributed by atoms with Crippen LogP contribution in [0.4, 0.5) is 42.9 Å². The molecule has 21 heteroatoms. The van der Waals surface area contributed by atoms with E-state index in [1.54, 1.807) is 17.3 Å². The van der Waals surface area contributed by atoms with Crippen molar-refractivity contribution >= 4 is 74.7 Å². The Bertz CT molecular complexity index is 3450. The van der Waals surface area contributed by atoms with Gasteiger partial charge >= 0.3 is 17.8 Å². The number of rotatable bonds is 16. The molecule has 2 aliphatic carbocycles. The molecule has 0 aliphatic heterocycles. The highest BCUT2D eigenvalue weighted by atomic mass is 35.5. The fourth-order valence-corrected chi connectivity index (χ4v) is 11.6. The molecule has 85 heavy (non-hydrogen) atoms. The number of nitrogens with one attached hydrogen (secondary N) is 2. The standard InChI is InChI=1S/C40H56O.C12H4Cl2F6N4OS.C12H15N3O2S/c1-30(18-13-20-32(3)23-25-37-34(5)22-15-27-39(37,7)8)16-11-12-17-31(2)19-14-21-33(4)24-26-38-35(6)28-36(41)29-40(38,9)10;13-5-1-4(11(15,16)17)2-6(14)8(5)24-10(22)9(7(3-21)23-24)26(25)12(18,19)20;1-3-6-18-8-4-5-9-10(7-8)14-11(13-9)15-12(16)17-2/h11-14,16-21,23-26,36,41H,15,22,27-29H2,1-10H3;1-2H,22H2;4-5,7H,3,6H2,1-2H3,(H2,13,14,15,16)/b12-11+,18-13+,19-14+,25-23+,26-24+,30-16+,31-17+,32-20+,33-21+;;/t36-;;/m1../s1. The first-order valence-corrected chi connectivity index (χ1v) is 30.1. The Morgan fingerprint density at radius 2 is 1.44 bits per heavy atom. The lowest BCUT2D eigenvalue weighted by atomic mass is 9.71. The summed E-state index contributed by atoms with van der Waals surface area (Å²) in [6.07, 6.45) is 31.3. The topological polar surface area (TPSA) is 172 Å². The first-order chi connectivity index (χ1) is 39.7. The van der Waals surface area contributed by atoms with Crippen molar-refractivity contribution in [1.82, 2.24) is 19.7 Å². The Balaban J connectivity index is 0.000000298. The summed E-state index contributed by atoms with van der Waals surface area (Å²) in [7, 11) is -2.39. The number of carbonyl (C=O) groups excluding carboxylic acids is 1. The van der Waals surface area contributed by atoms with Crippen LogP contribution in [-0.4, -0.2) is 59.6 Å². The van der Waals surface area contributed by atoms with E-state index >= 15 is 0 Å². The van der Waals surface area contributed by atoms with Gasteiger partial charge in [-0.15, -0.1) is 11.8 Å². The number of alkyl halides is 6. The van der Waals surface area contributed by atoms with Crippen LogP contribution in [0, 0.1) is 22.2 Å². The van der Waals surface area contributed by atoms with Crippen LogP contribution in [-0.2, 0) is 21.7 Å². The second kappa shape index (κ2) is 31.7. The van der Waals surface area contributed by atoms with Gasteiger partial charge in [0.15, 0.2) is 16.5 Å². The Morgan fingerprint density at radius 3 is 1.93 bits per heavy atom. The number of aromatic nitrogens is 4. The van der Waals surface area contributed by atoms with Crippen molar-refractivity contribution in [2.24, 2.45) is 10.8 Å². The SMILES string of the molecule is CC1=C(/C=C/C(C)=C/C=C/C(C)=C/C=C/C=C(C)/C=C/C=C(C)/C=C/C2=C(C)C[C@@H](O)CC2(C)C)C(C)(C)CCC1.CCCSc1ccc2nc(NC(=O)OC)[nH]c2c1.N#Cc1nn(-c2c(Cl)cc(C(F)(F)F)cc2Cl)c(N)c1S(=O)C(F)(F)F. The molecule has 11 nitrogen and oxygen atoms in total. The number of amides is 1. The second-order valence-electron chi connectivity index (χ2n) is 21.8. The number of methoxy groups -OCH3 is 1. The van der Waals surface area contributed by atoms with Gasteiger partial charge in [-0.05, 0) is 138 Å². The van der Waals surface area contributed by atoms with E-state index in [-0.39, 0.29) is 16.9 Å². The number of fused-ring (bicyclic) bond motifs is 1. The third-order valence-corrected chi connectivity index (χ3v) is 16.5. The summed E-state index contributed by atoms with van der Waals surface area (Å²) in [5.41, 5.74) is 10.2. The average Bonchev–Trinajstić information content (AvgIpc) is 1.95. The molecule has 4 aromatic rings. The normalized spacial score (nSPS) is 17.7. The van der Waals surface area contributed by atoms with Crippen molar-refractivity contribution in [3.63, 3.8) is 0 Å². The Labute approximate surface area is 512 Å². The number of aromatic amines is 1. The average molecular weight is 1260 g/mol. The highest BCUT2D eigenvalue weighted by Gasteiger charge is 2.43. The number of hydrogen-bond acceptors (Lipinski definition) is 9. The zero-order chi connectivity index (χ0) is 63.6. The number of hydrogen-bond donors (Lipinski definition) is 4. The number of benzene rings is 2. The van der Waals surface area contributed by atoms with E-state index in [4.69, 9.17) is 34.2 Å². The first kappa shape index (κ1) is 70.9. The predicted octanol–water partition coefficient (Wildman–Crippen LogP) is 19.1. The molecule has 1 amide bonds. The summed E-state index contributed by atoms with van der Waals surface area (Å²) >= 11 is 13.3. The molecule has 0 radical (unpaired) electrons. The lowest BCUT2D eigenvalue weighted by molar-refractivity contribution is -0.137. The quantitative estimate of drug-likeness (QED) is 0.0484. The maximum Gasteiger partial charge on any atom is 0.476 e. The number of halogens is 8. The van der Waals surface area contributed by atoms with Crippen molar-refractivity contribution < 1.29 is 45.2 Å². The molecule has 5 N–H and O–H groups in total. The summed E-state index contributed by atoms with van der Waals surface area (Å²) in [6.45, 7) is 24.3. The lowest BCUT2D eigenvalue weighted by Gasteiger charge is -2.35. The fourth-order valence-electron chi connectivity index (χ4n) is 9.36. The smallest absolute Gasteiger partial charge is 0.453 e. The molecule has 6 rings (SSSR count). The number of imidazole rings is 1. The van der Waals surface area contributed by atoms with Gasteiger partial charge in [0.1, 0.15) is 22.5 Å². The van der Waals surface area contributed by atoms with Gasteiger partial charge in [-0.1, -0.05) is 176 Å². The molecule has 0 fully saturated rings. The number of nitrogens with zero attached hydrogens (tertiary/aromatic N) is 4. The maximum absolute atomic E-state index is 12.7. The minimum absolute atomic E-state index is 0.0128. The molecule has 0 saturated carbocycles. The van der Waals surface area contributed by atoms with Gasteiger partial charge in [-0.2, -0.15) is 36.7 Å². The van der Waals surface area contributed by atoms with Crippen LogP contribution in [0.5, 0.6) is 0 Å². The highest BCUT2D eigenvalue weighted by molar-refractivity contribution is 7.99. The van der Waals surface area contributed by atoms with Gasteiger partial charge in [-0.25, -0.2) is 18.7 Å². The van der Waals surface area contributed by atoms with E-state index in [1.165, 1.54) is 76.3 Å². The number of nitrogen functional groups attached to an aromatic ring is 1. The lowest BCUT2D eigenvalue weighted by Crippen LogP contribution is -2.28. The van der Waals surface area contributed by atoms with Crippen molar-refractivity contribution in [1.29, 1.82) is 5.26 Å². The summed E-state index contributed by atoms with van der Waals surface area (Å²) in [4.78, 5) is 18.4. The molecule has 2 aromatic heterocycles. The maximum atomic E-state index is 12.7.